The van der Waals surface area contributed by atoms with Gasteiger partial charge in [0.1, 0.15) is 0 Å². The fraction of sp³-hybridized carbons (Fsp3) is 0.444. The lowest BCUT2D eigenvalue weighted by Gasteiger charge is -2.49. The van der Waals surface area contributed by atoms with Crippen LogP contribution in [0.25, 0.3) is 0 Å². The van der Waals surface area contributed by atoms with Gasteiger partial charge in [0.25, 0.3) is 16.6 Å². The largest absolute Gasteiger partial charge is 0.404 e. The highest BCUT2D eigenvalue weighted by atomic mass is 28.4. The molecule has 0 aromatic heterocycles. The molecule has 0 radical (unpaired) electrons. The summed E-state index contributed by atoms with van der Waals surface area (Å²) < 4.78 is 22.2. The molecule has 0 bridgehead atoms. The molecule has 3 aliphatic carbocycles. The summed E-state index contributed by atoms with van der Waals surface area (Å²) in [6.45, 7) is 25.1. The van der Waals surface area contributed by atoms with Crippen LogP contribution in [0.3, 0.4) is 0 Å². The first-order chi connectivity index (χ1) is 28.1. The first-order valence-corrected chi connectivity index (χ1v) is 26.2. The summed E-state index contributed by atoms with van der Waals surface area (Å²) in [6.07, 6.45) is 12.5. The molecule has 59 heavy (non-hydrogen) atoms. The number of ether oxygens (including phenoxy) is 1. The number of allylic oxidation sites excluding steroid dienone is 3. The molecular formula is C54H68O3Si2. The smallest absolute Gasteiger partial charge is 0.261 e. The van der Waals surface area contributed by atoms with Crippen LogP contribution in [0.1, 0.15) is 100 Å². The second-order valence-electron chi connectivity index (χ2n) is 20.7. The molecule has 4 aromatic rings. The zero-order valence-electron chi connectivity index (χ0n) is 37.1. The van der Waals surface area contributed by atoms with Gasteiger partial charge in [-0.3, -0.25) is 0 Å². The highest BCUT2D eigenvalue weighted by Crippen LogP contribution is 2.63. The molecule has 4 aromatic carbocycles. The van der Waals surface area contributed by atoms with Crippen molar-refractivity contribution in [1.82, 2.24) is 0 Å². The standard InChI is InChI=1S/C54H68O3Si2/c1-40-42(33-32-41-23-22-36-53(8)48(41)34-35-50(53)54(9)39-55-54)37-43(56-58(51(2,3)4,44-24-14-10-15-25-44)45-26-16-11-17-27-45)38-49(40)57-59(52(5,6)7,46-28-18-12-19-29-46)47-30-20-13-21-31-47/h10-21,24-33,43,48-50H,1,22-23,34-39H2,2-9H3/t43-,48+,49+,50+,53+,54+/m1/s1. The molecule has 1 saturated heterocycles. The van der Waals surface area contributed by atoms with Crippen LogP contribution in [0.4, 0.5) is 0 Å². The third-order valence-electron chi connectivity index (χ3n) is 15.0. The fourth-order valence-corrected chi connectivity index (χ4v) is 21.4. The molecule has 0 N–H and O–H groups in total. The summed E-state index contributed by atoms with van der Waals surface area (Å²) in [6, 6.07) is 44.4. The van der Waals surface area contributed by atoms with Crippen molar-refractivity contribution in [3.63, 3.8) is 0 Å². The van der Waals surface area contributed by atoms with Gasteiger partial charge in [-0.15, -0.1) is 0 Å². The van der Waals surface area contributed by atoms with Crippen LogP contribution in [0.15, 0.2) is 157 Å². The Kier molecular flexibility index (Phi) is 11.4. The van der Waals surface area contributed by atoms with Gasteiger partial charge in [-0.05, 0) is 105 Å². The molecule has 1 heterocycles. The summed E-state index contributed by atoms with van der Waals surface area (Å²) in [5.74, 6) is 1.23. The molecule has 310 valence electrons. The van der Waals surface area contributed by atoms with E-state index in [1.54, 1.807) is 5.57 Å². The molecule has 3 saturated carbocycles. The number of fused-ring (bicyclic) bond motifs is 1. The van der Waals surface area contributed by atoms with Gasteiger partial charge in [0.05, 0.1) is 24.4 Å². The highest BCUT2D eigenvalue weighted by molar-refractivity contribution is 7.00. The van der Waals surface area contributed by atoms with Crippen LogP contribution < -0.4 is 20.7 Å². The number of rotatable bonds is 10. The lowest BCUT2D eigenvalue weighted by Crippen LogP contribution is -2.69. The van der Waals surface area contributed by atoms with Crippen LogP contribution in [0.2, 0.25) is 10.1 Å². The predicted octanol–water partition coefficient (Wildman–Crippen LogP) is 11.1. The minimum absolute atomic E-state index is 0.0685. The lowest BCUT2D eigenvalue weighted by molar-refractivity contribution is 0.0750. The van der Waals surface area contributed by atoms with Crippen LogP contribution in [-0.4, -0.2) is 41.1 Å². The minimum Gasteiger partial charge on any atom is -0.404 e. The predicted molar refractivity (Wildman–Crippen MR) is 252 cm³/mol. The molecule has 8 rings (SSSR count). The van der Waals surface area contributed by atoms with E-state index in [-0.39, 0.29) is 27.9 Å². The first kappa shape index (κ1) is 42.1. The van der Waals surface area contributed by atoms with Gasteiger partial charge in [-0.1, -0.05) is 194 Å². The molecule has 5 heteroatoms. The summed E-state index contributed by atoms with van der Waals surface area (Å²) in [7, 11) is -5.79. The Morgan fingerprint density at radius 3 is 1.56 bits per heavy atom. The zero-order chi connectivity index (χ0) is 41.7. The molecule has 0 spiro atoms. The lowest BCUT2D eigenvalue weighted by atomic mass is 9.61. The van der Waals surface area contributed by atoms with Crippen LogP contribution in [0, 0.1) is 17.3 Å². The Balaban J connectivity index is 1.25. The monoisotopic (exact) mass is 820 g/mol. The van der Waals surface area contributed by atoms with E-state index in [2.05, 4.69) is 189 Å². The maximum Gasteiger partial charge on any atom is 0.261 e. The van der Waals surface area contributed by atoms with Gasteiger partial charge in [-0.2, -0.15) is 0 Å². The maximum absolute atomic E-state index is 8.03. The average Bonchev–Trinajstić information content (AvgIpc) is 3.86. The fourth-order valence-electron chi connectivity index (χ4n) is 12.0. The summed E-state index contributed by atoms with van der Waals surface area (Å²) >= 11 is 0. The maximum atomic E-state index is 8.03. The van der Waals surface area contributed by atoms with Gasteiger partial charge < -0.3 is 13.6 Å². The second-order valence-corrected chi connectivity index (χ2v) is 29.2. The Bertz CT molecular complexity index is 2060. The van der Waals surface area contributed by atoms with E-state index >= 15 is 0 Å². The third kappa shape index (κ3) is 7.58. The van der Waals surface area contributed by atoms with Gasteiger partial charge in [0, 0.05) is 6.42 Å². The molecule has 3 nitrogen and oxygen atoms in total. The van der Waals surface area contributed by atoms with Crippen molar-refractivity contribution in [3.05, 3.63) is 157 Å². The van der Waals surface area contributed by atoms with Gasteiger partial charge >= 0.3 is 0 Å². The quantitative estimate of drug-likeness (QED) is 0.118. The summed E-state index contributed by atoms with van der Waals surface area (Å²) in [5, 5.41) is 4.90. The number of epoxide rings is 1. The van der Waals surface area contributed by atoms with Crippen molar-refractivity contribution < 1.29 is 13.6 Å². The van der Waals surface area contributed by atoms with E-state index in [1.165, 1.54) is 58.4 Å². The number of benzene rings is 4. The van der Waals surface area contributed by atoms with E-state index in [0.29, 0.717) is 17.3 Å². The van der Waals surface area contributed by atoms with Gasteiger partial charge in [-0.25, -0.2) is 0 Å². The Hall–Kier alpha value is -3.59. The number of hydrogen-bond donors (Lipinski definition) is 0. The molecule has 0 amide bonds. The second kappa shape index (κ2) is 16.0. The van der Waals surface area contributed by atoms with Crippen molar-refractivity contribution in [2.75, 3.05) is 6.61 Å². The molecular weight excluding hydrogens is 753 g/mol. The van der Waals surface area contributed by atoms with E-state index in [0.717, 1.165) is 25.0 Å². The third-order valence-corrected chi connectivity index (χ3v) is 25.2. The highest BCUT2D eigenvalue weighted by Gasteiger charge is 2.61. The van der Waals surface area contributed by atoms with Crippen LogP contribution in [0.5, 0.6) is 0 Å². The summed E-state index contributed by atoms with van der Waals surface area (Å²) in [5.41, 5.74) is 4.36. The van der Waals surface area contributed by atoms with Crippen LogP contribution in [-0.2, 0) is 13.6 Å². The number of hydrogen-bond acceptors (Lipinski definition) is 3. The van der Waals surface area contributed by atoms with E-state index in [4.69, 9.17) is 20.2 Å². The average molecular weight is 821 g/mol. The first-order valence-electron chi connectivity index (χ1n) is 22.4. The molecule has 4 fully saturated rings. The van der Waals surface area contributed by atoms with E-state index in [1.807, 2.05) is 0 Å². The van der Waals surface area contributed by atoms with Crippen molar-refractivity contribution in [2.24, 2.45) is 17.3 Å². The van der Waals surface area contributed by atoms with Crippen molar-refractivity contribution in [3.8, 4) is 0 Å². The molecule has 4 aliphatic rings. The molecule has 6 atom stereocenters. The van der Waals surface area contributed by atoms with Gasteiger partial charge in [0.2, 0.25) is 0 Å². The zero-order valence-corrected chi connectivity index (χ0v) is 39.1. The molecule has 0 unspecified atom stereocenters. The van der Waals surface area contributed by atoms with E-state index in [9.17, 15) is 0 Å². The van der Waals surface area contributed by atoms with Crippen molar-refractivity contribution in [2.45, 2.75) is 128 Å². The normalized spacial score (nSPS) is 29.1. The Labute approximate surface area is 358 Å². The Morgan fingerprint density at radius 2 is 1.12 bits per heavy atom. The van der Waals surface area contributed by atoms with E-state index < -0.39 is 16.6 Å². The minimum atomic E-state index is -2.92. The van der Waals surface area contributed by atoms with Gasteiger partial charge in [0.15, 0.2) is 0 Å². The van der Waals surface area contributed by atoms with Crippen LogP contribution >= 0.6 is 0 Å². The topological polar surface area (TPSA) is 31.0 Å². The molecule has 1 aliphatic heterocycles. The van der Waals surface area contributed by atoms with Crippen molar-refractivity contribution in [1.29, 1.82) is 0 Å². The Morgan fingerprint density at radius 1 is 0.661 bits per heavy atom. The SMILES string of the molecule is C=C1C(=CC=C2CCC[C@@]3(C)[C@H]2CC[C@@H]3[C@]2(C)CO2)C[C@@H](O[Si](c2ccccc2)(c2ccccc2)C(C)(C)C)C[C@@H]1O[Si](c1ccccc1)(c1ccccc1)C(C)(C)C. The van der Waals surface area contributed by atoms with Crippen molar-refractivity contribution >= 4 is 37.4 Å². The summed E-state index contributed by atoms with van der Waals surface area (Å²) in [4.78, 5) is 0.